The lowest BCUT2D eigenvalue weighted by Crippen LogP contribution is -2.24. The van der Waals surface area contributed by atoms with E-state index in [4.69, 9.17) is 0 Å². The van der Waals surface area contributed by atoms with Gasteiger partial charge in [-0.3, -0.25) is 0 Å². The maximum absolute atomic E-state index is 9.29. The molecular formula is C16H28O. The number of allylic oxidation sites excluding steroid dienone is 3. The molecule has 0 heterocycles. The van der Waals surface area contributed by atoms with E-state index < -0.39 is 0 Å². The molecule has 0 bridgehead atoms. The van der Waals surface area contributed by atoms with Crippen LogP contribution in [0.1, 0.15) is 53.4 Å². The SMILES string of the molecule is C=C(CC(CC)CO)[C@H]1CC=C(CC)C1(C)C. The van der Waals surface area contributed by atoms with Crippen molar-refractivity contribution < 1.29 is 5.11 Å². The van der Waals surface area contributed by atoms with Crippen molar-refractivity contribution in [3.8, 4) is 0 Å². The first kappa shape index (κ1) is 14.5. The lowest BCUT2D eigenvalue weighted by Gasteiger charge is -2.33. The summed E-state index contributed by atoms with van der Waals surface area (Å²) in [6, 6.07) is 0. The smallest absolute Gasteiger partial charge is 0.0462 e. The van der Waals surface area contributed by atoms with E-state index in [1.165, 1.54) is 5.57 Å². The van der Waals surface area contributed by atoms with Crippen molar-refractivity contribution in [3.05, 3.63) is 23.8 Å². The van der Waals surface area contributed by atoms with E-state index in [0.29, 0.717) is 11.8 Å². The average molecular weight is 236 g/mol. The predicted octanol–water partition coefficient (Wildman–Crippen LogP) is 4.33. The molecule has 0 radical (unpaired) electrons. The highest BCUT2D eigenvalue weighted by Crippen LogP contribution is 2.48. The van der Waals surface area contributed by atoms with Crippen LogP contribution < -0.4 is 0 Å². The highest BCUT2D eigenvalue weighted by molar-refractivity contribution is 5.26. The van der Waals surface area contributed by atoms with E-state index in [0.717, 1.165) is 25.7 Å². The van der Waals surface area contributed by atoms with Gasteiger partial charge in [-0.1, -0.05) is 57.9 Å². The van der Waals surface area contributed by atoms with Crippen LogP contribution in [0.15, 0.2) is 23.8 Å². The maximum atomic E-state index is 9.29. The molecule has 1 aliphatic carbocycles. The van der Waals surface area contributed by atoms with Gasteiger partial charge in [0.2, 0.25) is 0 Å². The number of aliphatic hydroxyl groups is 1. The van der Waals surface area contributed by atoms with Crippen LogP contribution >= 0.6 is 0 Å². The van der Waals surface area contributed by atoms with E-state index >= 15 is 0 Å². The minimum absolute atomic E-state index is 0.263. The van der Waals surface area contributed by atoms with E-state index in [9.17, 15) is 5.11 Å². The fourth-order valence-corrected chi connectivity index (χ4v) is 3.17. The van der Waals surface area contributed by atoms with Gasteiger partial charge in [0.05, 0.1) is 0 Å². The van der Waals surface area contributed by atoms with Crippen LogP contribution in [0.25, 0.3) is 0 Å². The average Bonchev–Trinajstić information content (AvgIpc) is 2.60. The van der Waals surface area contributed by atoms with Crippen molar-refractivity contribution in [1.82, 2.24) is 0 Å². The molecule has 0 spiro atoms. The van der Waals surface area contributed by atoms with Crippen LogP contribution in [0.4, 0.5) is 0 Å². The molecule has 0 saturated carbocycles. The minimum atomic E-state index is 0.263. The standard InChI is InChI=1S/C16H28O/c1-6-13(11-17)10-12(3)15-9-8-14(7-2)16(15,4)5/h8,13,15,17H,3,6-7,9-11H2,1-2,4-5H3/t13?,15-/m1/s1. The van der Waals surface area contributed by atoms with Crippen LogP contribution in [0.2, 0.25) is 0 Å². The molecule has 0 aromatic heterocycles. The van der Waals surface area contributed by atoms with Crippen LogP contribution in [-0.4, -0.2) is 11.7 Å². The zero-order chi connectivity index (χ0) is 13.1. The summed E-state index contributed by atoms with van der Waals surface area (Å²) >= 11 is 0. The largest absolute Gasteiger partial charge is 0.396 e. The first-order chi connectivity index (χ1) is 7.97. The van der Waals surface area contributed by atoms with Crippen molar-refractivity contribution in [2.45, 2.75) is 53.4 Å². The number of rotatable bonds is 6. The molecule has 0 amide bonds. The van der Waals surface area contributed by atoms with Crippen LogP contribution in [0.5, 0.6) is 0 Å². The summed E-state index contributed by atoms with van der Waals surface area (Å²) in [5, 5.41) is 9.29. The Hall–Kier alpha value is -0.560. The molecule has 0 aliphatic heterocycles. The van der Waals surface area contributed by atoms with Crippen molar-refractivity contribution in [2.24, 2.45) is 17.3 Å². The lowest BCUT2D eigenvalue weighted by molar-refractivity contribution is 0.213. The zero-order valence-electron chi connectivity index (χ0n) is 11.9. The Labute approximate surface area is 107 Å². The Kier molecular flexibility index (Phi) is 5.00. The quantitative estimate of drug-likeness (QED) is 0.680. The van der Waals surface area contributed by atoms with Crippen molar-refractivity contribution in [2.75, 3.05) is 6.61 Å². The monoisotopic (exact) mass is 236 g/mol. The molecule has 17 heavy (non-hydrogen) atoms. The van der Waals surface area contributed by atoms with Gasteiger partial charge in [-0.05, 0) is 36.5 Å². The Bertz CT molecular complexity index is 295. The zero-order valence-corrected chi connectivity index (χ0v) is 11.9. The summed E-state index contributed by atoms with van der Waals surface area (Å²) in [7, 11) is 0. The Morgan fingerprint density at radius 1 is 1.53 bits per heavy atom. The third kappa shape index (κ3) is 3.01. The first-order valence-electron chi connectivity index (χ1n) is 6.95. The van der Waals surface area contributed by atoms with Crippen LogP contribution in [-0.2, 0) is 0 Å². The minimum Gasteiger partial charge on any atom is -0.396 e. The van der Waals surface area contributed by atoms with Gasteiger partial charge in [-0.2, -0.15) is 0 Å². The third-order valence-corrected chi connectivity index (χ3v) is 4.56. The van der Waals surface area contributed by atoms with Crippen LogP contribution in [0.3, 0.4) is 0 Å². The summed E-state index contributed by atoms with van der Waals surface area (Å²) < 4.78 is 0. The topological polar surface area (TPSA) is 20.2 Å². The molecule has 1 aliphatic rings. The molecule has 0 aromatic carbocycles. The third-order valence-electron chi connectivity index (χ3n) is 4.56. The normalized spacial score (nSPS) is 24.5. The summed E-state index contributed by atoms with van der Waals surface area (Å²) in [5.74, 6) is 0.960. The van der Waals surface area contributed by atoms with Gasteiger partial charge in [0.1, 0.15) is 0 Å². The Balaban J connectivity index is 2.67. The van der Waals surface area contributed by atoms with Crippen LogP contribution in [0, 0.1) is 17.3 Å². The molecule has 1 rings (SSSR count). The van der Waals surface area contributed by atoms with Crippen molar-refractivity contribution >= 4 is 0 Å². The molecule has 1 heteroatoms. The van der Waals surface area contributed by atoms with Gasteiger partial charge in [-0.15, -0.1) is 0 Å². The second-order valence-electron chi connectivity index (χ2n) is 5.91. The second kappa shape index (κ2) is 5.86. The van der Waals surface area contributed by atoms with E-state index in [2.05, 4.69) is 40.3 Å². The molecule has 1 nitrogen and oxygen atoms in total. The molecular weight excluding hydrogens is 208 g/mol. The molecule has 1 unspecified atom stereocenters. The molecule has 1 N–H and O–H groups in total. The van der Waals surface area contributed by atoms with Crippen molar-refractivity contribution in [3.63, 3.8) is 0 Å². The van der Waals surface area contributed by atoms with Gasteiger partial charge >= 0.3 is 0 Å². The predicted molar refractivity (Wildman–Crippen MR) is 74.9 cm³/mol. The fraction of sp³-hybridized carbons (Fsp3) is 0.750. The highest BCUT2D eigenvalue weighted by Gasteiger charge is 2.37. The molecule has 2 atom stereocenters. The maximum Gasteiger partial charge on any atom is 0.0462 e. The number of hydrogen-bond acceptors (Lipinski definition) is 1. The summed E-state index contributed by atoms with van der Waals surface area (Å²) in [4.78, 5) is 0. The highest BCUT2D eigenvalue weighted by atomic mass is 16.3. The van der Waals surface area contributed by atoms with Crippen molar-refractivity contribution in [1.29, 1.82) is 0 Å². The first-order valence-corrected chi connectivity index (χ1v) is 6.95. The van der Waals surface area contributed by atoms with Gasteiger partial charge in [0, 0.05) is 6.61 Å². The molecule has 0 saturated heterocycles. The summed E-state index contributed by atoms with van der Waals surface area (Å²) in [6.07, 6.45) is 6.70. The van der Waals surface area contributed by atoms with Gasteiger partial charge in [-0.25, -0.2) is 0 Å². The lowest BCUT2D eigenvalue weighted by atomic mass is 9.71. The van der Waals surface area contributed by atoms with E-state index in [1.807, 2.05) is 0 Å². The Morgan fingerprint density at radius 2 is 2.18 bits per heavy atom. The van der Waals surface area contributed by atoms with E-state index in [-0.39, 0.29) is 12.0 Å². The fourth-order valence-electron chi connectivity index (χ4n) is 3.17. The van der Waals surface area contributed by atoms with Gasteiger partial charge in [0.25, 0.3) is 0 Å². The molecule has 98 valence electrons. The van der Waals surface area contributed by atoms with Gasteiger partial charge < -0.3 is 5.11 Å². The summed E-state index contributed by atoms with van der Waals surface area (Å²) in [6.45, 7) is 13.6. The molecule has 0 aromatic rings. The second-order valence-corrected chi connectivity index (χ2v) is 5.91. The number of hydrogen-bond donors (Lipinski definition) is 1. The van der Waals surface area contributed by atoms with E-state index in [1.54, 1.807) is 5.57 Å². The molecule has 0 fully saturated rings. The van der Waals surface area contributed by atoms with Gasteiger partial charge in [0.15, 0.2) is 0 Å². The number of aliphatic hydroxyl groups excluding tert-OH is 1. The summed E-state index contributed by atoms with van der Waals surface area (Å²) in [5.41, 5.74) is 3.16. The Morgan fingerprint density at radius 3 is 2.59 bits per heavy atom.